The molecule has 2 saturated carbocycles. The summed E-state index contributed by atoms with van der Waals surface area (Å²) in [7, 11) is -1.82. The molecule has 1 N–H and O–H groups in total. The number of hydrazone groups is 1. The Morgan fingerprint density at radius 1 is 1.00 bits per heavy atom. The van der Waals surface area contributed by atoms with Crippen LogP contribution in [-0.2, 0) is 14.8 Å². The van der Waals surface area contributed by atoms with E-state index in [1.54, 1.807) is 31.4 Å². The molecule has 24 heavy (non-hydrogen) atoms. The fraction of sp³-hybridized carbons (Fsp3) is 0.611. The lowest BCUT2D eigenvalue weighted by Crippen LogP contribution is -2.27. The molecule has 0 saturated heterocycles. The summed E-state index contributed by atoms with van der Waals surface area (Å²) < 4.78 is 30.4. The first kappa shape index (κ1) is 17.4. The molecule has 0 spiro atoms. The highest BCUT2D eigenvalue weighted by Gasteiger charge is 2.35. The fourth-order valence-electron chi connectivity index (χ4n) is 3.84. The minimum atomic E-state index is -3.59. The molecule has 3 rings (SSSR count). The van der Waals surface area contributed by atoms with Gasteiger partial charge in [-0.25, -0.2) is 4.83 Å². The third kappa shape index (κ3) is 3.81. The van der Waals surface area contributed by atoms with Gasteiger partial charge in [0.2, 0.25) is 0 Å². The van der Waals surface area contributed by atoms with E-state index in [4.69, 9.17) is 4.74 Å². The molecule has 2 bridgehead atoms. The van der Waals surface area contributed by atoms with Crippen LogP contribution in [0.25, 0.3) is 0 Å². The van der Waals surface area contributed by atoms with Crippen LogP contribution in [0.2, 0.25) is 0 Å². The normalized spacial score (nSPS) is 27.4. The Hall–Kier alpha value is -1.40. The second-order valence-electron chi connectivity index (χ2n) is 6.93. The number of aryl methyl sites for hydroxylation is 1. The van der Waals surface area contributed by atoms with Gasteiger partial charge in [0, 0.05) is 12.8 Å². The van der Waals surface area contributed by atoms with E-state index in [1.807, 2.05) is 6.92 Å². The summed E-state index contributed by atoms with van der Waals surface area (Å²) in [6.45, 7) is 1.93. The zero-order valence-corrected chi connectivity index (χ0v) is 15.2. The number of fused-ring (bicyclic) bond motifs is 2. The molecule has 0 aromatic heterocycles. The molecule has 1 aromatic carbocycles. The molecule has 0 unspecified atom stereocenters. The Bertz CT molecular complexity index is 679. The summed E-state index contributed by atoms with van der Waals surface area (Å²) in [4.78, 5) is 2.73. The van der Waals surface area contributed by atoms with Gasteiger partial charge in [0.05, 0.1) is 11.0 Å². The smallest absolute Gasteiger partial charge is 0.276 e. The van der Waals surface area contributed by atoms with Crippen molar-refractivity contribution >= 4 is 15.7 Å². The Labute approximate surface area is 144 Å². The largest absolute Gasteiger partial charge is 0.381 e. The predicted molar refractivity (Wildman–Crippen MR) is 94.4 cm³/mol. The van der Waals surface area contributed by atoms with Gasteiger partial charge in [0.15, 0.2) is 0 Å². The van der Waals surface area contributed by atoms with Gasteiger partial charge in [0.1, 0.15) is 0 Å². The first-order chi connectivity index (χ1) is 11.5. The van der Waals surface area contributed by atoms with E-state index < -0.39 is 10.0 Å². The van der Waals surface area contributed by atoms with Crippen molar-refractivity contribution in [3.63, 3.8) is 0 Å². The van der Waals surface area contributed by atoms with Crippen molar-refractivity contribution in [2.24, 2.45) is 16.9 Å². The lowest BCUT2D eigenvalue weighted by Gasteiger charge is -2.24. The molecular formula is C18H26N2O3S. The molecule has 0 radical (unpaired) electrons. The minimum Gasteiger partial charge on any atom is -0.381 e. The van der Waals surface area contributed by atoms with E-state index in [9.17, 15) is 8.42 Å². The highest BCUT2D eigenvalue weighted by Crippen LogP contribution is 2.38. The van der Waals surface area contributed by atoms with Crippen molar-refractivity contribution in [1.82, 2.24) is 4.83 Å². The van der Waals surface area contributed by atoms with Gasteiger partial charge in [-0.3, -0.25) is 0 Å². The molecule has 0 aliphatic heterocycles. The molecule has 132 valence electrons. The maximum atomic E-state index is 12.4. The summed E-state index contributed by atoms with van der Waals surface area (Å²) in [5, 5.41) is 4.37. The predicted octanol–water partition coefficient (Wildman–Crippen LogP) is 3.24. The van der Waals surface area contributed by atoms with Crippen LogP contribution in [0.15, 0.2) is 34.3 Å². The molecule has 2 aliphatic rings. The summed E-state index contributed by atoms with van der Waals surface area (Å²) in [6, 6.07) is 6.83. The average molecular weight is 350 g/mol. The number of nitrogens with zero attached hydrogens (tertiary/aromatic N) is 1. The van der Waals surface area contributed by atoms with E-state index in [0.717, 1.165) is 49.8 Å². The Morgan fingerprint density at radius 2 is 1.54 bits per heavy atom. The second kappa shape index (κ2) is 7.23. The van der Waals surface area contributed by atoms with Crippen LogP contribution in [-0.4, -0.2) is 27.3 Å². The quantitative estimate of drug-likeness (QED) is 0.848. The topological polar surface area (TPSA) is 67.8 Å². The fourth-order valence-corrected chi connectivity index (χ4v) is 4.66. The Kier molecular flexibility index (Phi) is 5.25. The lowest BCUT2D eigenvalue weighted by molar-refractivity contribution is 0.0801. The average Bonchev–Trinajstić information content (AvgIpc) is 2.98. The summed E-state index contributed by atoms with van der Waals surface area (Å²) >= 11 is 0. The highest BCUT2D eigenvalue weighted by molar-refractivity contribution is 7.89. The van der Waals surface area contributed by atoms with Crippen molar-refractivity contribution in [2.75, 3.05) is 7.11 Å². The molecule has 0 heterocycles. The van der Waals surface area contributed by atoms with Gasteiger partial charge < -0.3 is 4.74 Å². The molecule has 6 heteroatoms. The molecule has 2 aliphatic carbocycles. The van der Waals surface area contributed by atoms with Gasteiger partial charge in [-0.2, -0.15) is 13.5 Å². The molecule has 1 aromatic rings. The van der Waals surface area contributed by atoms with E-state index in [0.29, 0.717) is 17.9 Å². The van der Waals surface area contributed by atoms with Gasteiger partial charge in [0.25, 0.3) is 10.0 Å². The first-order valence-electron chi connectivity index (χ1n) is 8.68. The number of hydrogen-bond donors (Lipinski definition) is 1. The van der Waals surface area contributed by atoms with E-state index in [2.05, 4.69) is 9.93 Å². The minimum absolute atomic E-state index is 0.259. The van der Waals surface area contributed by atoms with Crippen molar-refractivity contribution in [3.05, 3.63) is 29.8 Å². The zero-order chi connectivity index (χ0) is 17.2. The number of benzene rings is 1. The lowest BCUT2D eigenvalue weighted by atomic mass is 9.88. The summed E-state index contributed by atoms with van der Waals surface area (Å²) in [6.07, 6.45) is 6.65. The van der Waals surface area contributed by atoms with Crippen molar-refractivity contribution in [1.29, 1.82) is 0 Å². The van der Waals surface area contributed by atoms with Gasteiger partial charge in [-0.1, -0.05) is 17.7 Å². The van der Waals surface area contributed by atoms with E-state index in [1.165, 1.54) is 0 Å². The van der Waals surface area contributed by atoms with Crippen LogP contribution >= 0.6 is 0 Å². The van der Waals surface area contributed by atoms with Crippen LogP contribution in [0.1, 0.15) is 44.1 Å². The van der Waals surface area contributed by atoms with E-state index in [-0.39, 0.29) is 4.90 Å². The molecule has 2 fully saturated rings. The molecular weight excluding hydrogens is 324 g/mol. The Morgan fingerprint density at radius 3 is 2.08 bits per heavy atom. The maximum absolute atomic E-state index is 12.4. The van der Waals surface area contributed by atoms with Crippen molar-refractivity contribution in [3.8, 4) is 0 Å². The van der Waals surface area contributed by atoms with Gasteiger partial charge in [-0.15, -0.1) is 0 Å². The summed E-state index contributed by atoms with van der Waals surface area (Å²) in [5.41, 5.74) is 2.08. The molecule has 5 nitrogen and oxygen atoms in total. The van der Waals surface area contributed by atoms with Gasteiger partial charge in [-0.05, 0) is 69.4 Å². The van der Waals surface area contributed by atoms with Crippen LogP contribution in [0.5, 0.6) is 0 Å². The highest BCUT2D eigenvalue weighted by atomic mass is 32.2. The zero-order valence-electron chi connectivity index (χ0n) is 14.4. The van der Waals surface area contributed by atoms with Crippen LogP contribution in [0, 0.1) is 18.8 Å². The number of nitrogens with one attached hydrogen (secondary N) is 1. The Balaban J connectivity index is 1.75. The van der Waals surface area contributed by atoms with Crippen LogP contribution < -0.4 is 4.83 Å². The second-order valence-corrected chi connectivity index (χ2v) is 8.59. The third-order valence-electron chi connectivity index (χ3n) is 5.33. The molecule has 0 amide bonds. The van der Waals surface area contributed by atoms with Gasteiger partial charge >= 0.3 is 0 Å². The van der Waals surface area contributed by atoms with Crippen LogP contribution in [0.4, 0.5) is 0 Å². The number of methoxy groups -OCH3 is 1. The molecule has 2 atom stereocenters. The van der Waals surface area contributed by atoms with Crippen LogP contribution in [0.3, 0.4) is 0 Å². The van der Waals surface area contributed by atoms with E-state index >= 15 is 0 Å². The number of hydrogen-bond acceptors (Lipinski definition) is 4. The van der Waals surface area contributed by atoms with Crippen molar-refractivity contribution in [2.45, 2.75) is 56.4 Å². The first-order valence-corrected chi connectivity index (χ1v) is 10.2. The maximum Gasteiger partial charge on any atom is 0.276 e. The third-order valence-corrected chi connectivity index (χ3v) is 6.56. The SMILES string of the molecule is COC1CC[C@@H]2CC[C@@H](CC1)C2=NNS(=O)(=O)c1ccc(C)cc1. The summed E-state index contributed by atoms with van der Waals surface area (Å²) in [5.74, 6) is 0.766. The van der Waals surface area contributed by atoms with Crippen molar-refractivity contribution < 1.29 is 13.2 Å². The standard InChI is InChI=1S/C18H26N2O3S/c1-13-3-11-17(12-4-13)24(21,22)20-19-18-14-5-6-15(18)8-10-16(23-2)9-7-14/h3-4,11-12,14-16,20H,5-10H2,1-2H3/t14-,15-,16?/m0/s1. The number of rotatable bonds is 4. The monoisotopic (exact) mass is 350 g/mol. The number of ether oxygens (including phenoxy) is 1. The number of sulfonamides is 1.